The van der Waals surface area contributed by atoms with Gasteiger partial charge >= 0.3 is 0 Å². The molecule has 11 heavy (non-hydrogen) atoms. The second kappa shape index (κ2) is 3.34. The molecule has 0 saturated heterocycles. The number of aryl methyl sites for hydroxylation is 1. The summed E-state index contributed by atoms with van der Waals surface area (Å²) in [6, 6.07) is 3.64. The van der Waals surface area contributed by atoms with Gasteiger partial charge < -0.3 is 5.21 Å². The monoisotopic (exact) mass is 170 g/mol. The van der Waals surface area contributed by atoms with Gasteiger partial charge in [0, 0.05) is 6.20 Å². The van der Waals surface area contributed by atoms with Crippen LogP contribution >= 0.6 is 11.6 Å². The maximum atomic E-state index is 8.33. The van der Waals surface area contributed by atoms with Gasteiger partial charge in [-0.3, -0.25) is 4.98 Å². The van der Waals surface area contributed by atoms with Crippen LogP contribution in [0, 0.1) is 6.92 Å². The SMILES string of the molecule is Cc1cccnc1/C(Cl)=N/O. The Kier molecular flexibility index (Phi) is 2.44. The average Bonchev–Trinajstić information content (AvgIpc) is 2.04. The Morgan fingerprint density at radius 1 is 1.73 bits per heavy atom. The largest absolute Gasteiger partial charge is 0.410 e. The van der Waals surface area contributed by atoms with E-state index >= 15 is 0 Å². The maximum absolute atomic E-state index is 8.33. The van der Waals surface area contributed by atoms with Crippen LogP contribution in [0.4, 0.5) is 0 Å². The predicted molar refractivity (Wildman–Crippen MR) is 43.2 cm³/mol. The fourth-order valence-electron chi connectivity index (χ4n) is 0.749. The van der Waals surface area contributed by atoms with E-state index in [2.05, 4.69) is 10.1 Å². The highest BCUT2D eigenvalue weighted by molar-refractivity contribution is 6.69. The van der Waals surface area contributed by atoms with Crippen molar-refractivity contribution < 1.29 is 5.21 Å². The fourth-order valence-corrected chi connectivity index (χ4v) is 0.947. The van der Waals surface area contributed by atoms with Gasteiger partial charge in [-0.05, 0) is 18.6 Å². The molecule has 0 bridgehead atoms. The lowest BCUT2D eigenvalue weighted by Crippen LogP contribution is -1.97. The Morgan fingerprint density at radius 3 is 3.00 bits per heavy atom. The number of hydrogen-bond acceptors (Lipinski definition) is 3. The van der Waals surface area contributed by atoms with Crippen LogP contribution in [-0.2, 0) is 0 Å². The highest BCUT2D eigenvalue weighted by atomic mass is 35.5. The molecule has 1 N–H and O–H groups in total. The van der Waals surface area contributed by atoms with E-state index in [1.807, 2.05) is 13.0 Å². The van der Waals surface area contributed by atoms with Crippen molar-refractivity contribution >= 4 is 16.8 Å². The van der Waals surface area contributed by atoms with Gasteiger partial charge in [0.1, 0.15) is 5.69 Å². The Balaban J connectivity index is 3.14. The van der Waals surface area contributed by atoms with Crippen molar-refractivity contribution in [3.05, 3.63) is 29.6 Å². The molecule has 0 aliphatic heterocycles. The number of aromatic nitrogens is 1. The summed E-state index contributed by atoms with van der Waals surface area (Å²) in [6.07, 6.45) is 1.59. The number of nitrogens with zero attached hydrogens (tertiary/aromatic N) is 2. The number of pyridine rings is 1. The smallest absolute Gasteiger partial charge is 0.194 e. The standard InChI is InChI=1S/C7H7ClN2O/c1-5-3-2-4-9-6(5)7(8)10-11/h2-4,11H,1H3/b10-7-. The second-order valence-corrected chi connectivity index (χ2v) is 2.42. The molecule has 0 aromatic carbocycles. The van der Waals surface area contributed by atoms with E-state index in [0.29, 0.717) is 5.69 Å². The molecule has 0 saturated carbocycles. The molecule has 1 aromatic heterocycles. The van der Waals surface area contributed by atoms with E-state index in [1.165, 1.54) is 0 Å². The normalized spacial score (nSPS) is 11.6. The van der Waals surface area contributed by atoms with Gasteiger partial charge in [-0.2, -0.15) is 0 Å². The minimum absolute atomic E-state index is 0.0168. The average molecular weight is 171 g/mol. The van der Waals surface area contributed by atoms with Crippen molar-refractivity contribution in [2.24, 2.45) is 5.16 Å². The third-order valence-electron chi connectivity index (χ3n) is 1.29. The summed E-state index contributed by atoms with van der Waals surface area (Å²) in [5, 5.41) is 11.2. The minimum atomic E-state index is 0.0168. The van der Waals surface area contributed by atoms with Crippen LogP contribution in [0.3, 0.4) is 0 Å². The zero-order chi connectivity index (χ0) is 8.27. The first-order chi connectivity index (χ1) is 5.25. The zero-order valence-corrected chi connectivity index (χ0v) is 6.71. The van der Waals surface area contributed by atoms with Crippen LogP contribution in [0.15, 0.2) is 23.5 Å². The molecule has 1 heterocycles. The predicted octanol–water partition coefficient (Wildman–Crippen LogP) is 1.76. The van der Waals surface area contributed by atoms with E-state index in [1.54, 1.807) is 12.3 Å². The molecule has 58 valence electrons. The molecule has 0 radical (unpaired) electrons. The molecule has 4 heteroatoms. The second-order valence-electron chi connectivity index (χ2n) is 2.06. The molecule has 1 aromatic rings. The lowest BCUT2D eigenvalue weighted by Gasteiger charge is -1.98. The van der Waals surface area contributed by atoms with E-state index in [0.717, 1.165) is 5.56 Å². The number of rotatable bonds is 1. The van der Waals surface area contributed by atoms with Gasteiger partial charge in [0.15, 0.2) is 5.17 Å². The van der Waals surface area contributed by atoms with Crippen molar-refractivity contribution in [2.75, 3.05) is 0 Å². The highest BCUT2D eigenvalue weighted by Crippen LogP contribution is 2.06. The summed E-state index contributed by atoms with van der Waals surface area (Å²) in [5.41, 5.74) is 1.40. The van der Waals surface area contributed by atoms with Gasteiger partial charge in [0.2, 0.25) is 0 Å². The van der Waals surface area contributed by atoms with E-state index in [-0.39, 0.29) is 5.17 Å². The summed E-state index contributed by atoms with van der Waals surface area (Å²) in [7, 11) is 0. The number of halogens is 1. The third kappa shape index (κ3) is 1.68. The Morgan fingerprint density at radius 2 is 2.45 bits per heavy atom. The molecular weight excluding hydrogens is 164 g/mol. The molecule has 0 aliphatic carbocycles. The highest BCUT2D eigenvalue weighted by Gasteiger charge is 2.03. The zero-order valence-electron chi connectivity index (χ0n) is 5.95. The van der Waals surface area contributed by atoms with Crippen LogP contribution in [0.25, 0.3) is 0 Å². The van der Waals surface area contributed by atoms with Crippen molar-refractivity contribution in [1.29, 1.82) is 0 Å². The van der Waals surface area contributed by atoms with Crippen molar-refractivity contribution in [1.82, 2.24) is 4.98 Å². The molecule has 0 spiro atoms. The molecule has 0 aliphatic rings. The van der Waals surface area contributed by atoms with Crippen LogP contribution < -0.4 is 0 Å². The molecule has 1 rings (SSSR count). The first kappa shape index (κ1) is 8.01. The van der Waals surface area contributed by atoms with Crippen LogP contribution in [-0.4, -0.2) is 15.4 Å². The van der Waals surface area contributed by atoms with Crippen molar-refractivity contribution in [3.8, 4) is 0 Å². The quantitative estimate of drug-likeness (QED) is 0.397. The summed E-state index contributed by atoms with van der Waals surface area (Å²) in [6.45, 7) is 1.84. The summed E-state index contributed by atoms with van der Waals surface area (Å²) in [5.74, 6) is 0. The molecule has 0 unspecified atom stereocenters. The molecule has 0 amide bonds. The van der Waals surface area contributed by atoms with E-state index in [4.69, 9.17) is 16.8 Å². The van der Waals surface area contributed by atoms with Crippen LogP contribution in [0.5, 0.6) is 0 Å². The Bertz CT molecular complexity index is 286. The van der Waals surface area contributed by atoms with Crippen molar-refractivity contribution in [2.45, 2.75) is 6.92 Å². The summed E-state index contributed by atoms with van der Waals surface area (Å²) in [4.78, 5) is 3.93. The summed E-state index contributed by atoms with van der Waals surface area (Å²) < 4.78 is 0. The van der Waals surface area contributed by atoms with Gasteiger partial charge in [0.05, 0.1) is 0 Å². The molecule has 3 nitrogen and oxygen atoms in total. The fraction of sp³-hybridized carbons (Fsp3) is 0.143. The van der Waals surface area contributed by atoms with E-state index in [9.17, 15) is 0 Å². The lowest BCUT2D eigenvalue weighted by molar-refractivity contribution is 0.320. The lowest BCUT2D eigenvalue weighted by atomic mass is 10.2. The topological polar surface area (TPSA) is 45.5 Å². The van der Waals surface area contributed by atoms with Gasteiger partial charge in [-0.25, -0.2) is 0 Å². The van der Waals surface area contributed by atoms with E-state index < -0.39 is 0 Å². The number of oxime groups is 1. The van der Waals surface area contributed by atoms with Gasteiger partial charge in [-0.15, -0.1) is 0 Å². The Hall–Kier alpha value is -1.09. The maximum Gasteiger partial charge on any atom is 0.194 e. The summed E-state index contributed by atoms with van der Waals surface area (Å²) >= 11 is 5.53. The van der Waals surface area contributed by atoms with Gasteiger partial charge in [0.25, 0.3) is 0 Å². The molecule has 0 fully saturated rings. The first-order valence-electron chi connectivity index (χ1n) is 3.05. The number of hydrogen-bond donors (Lipinski definition) is 1. The molecule has 0 atom stereocenters. The van der Waals surface area contributed by atoms with Crippen LogP contribution in [0.2, 0.25) is 0 Å². The third-order valence-corrected chi connectivity index (χ3v) is 1.55. The first-order valence-corrected chi connectivity index (χ1v) is 3.43. The minimum Gasteiger partial charge on any atom is -0.410 e. The van der Waals surface area contributed by atoms with Crippen molar-refractivity contribution in [3.63, 3.8) is 0 Å². The Labute approximate surface area is 69.3 Å². The molecular formula is C7H7ClN2O. The van der Waals surface area contributed by atoms with Crippen LogP contribution in [0.1, 0.15) is 11.3 Å². The van der Waals surface area contributed by atoms with Gasteiger partial charge in [-0.1, -0.05) is 22.8 Å².